The van der Waals surface area contributed by atoms with Gasteiger partial charge in [-0.2, -0.15) is 0 Å². The first-order chi connectivity index (χ1) is 10.1. The van der Waals surface area contributed by atoms with Gasteiger partial charge in [0.25, 0.3) is 0 Å². The predicted molar refractivity (Wildman–Crippen MR) is 87.4 cm³/mol. The molecule has 1 aromatic heterocycles. The average Bonchev–Trinajstić information content (AvgIpc) is 2.47. The van der Waals surface area contributed by atoms with Crippen molar-refractivity contribution in [2.75, 3.05) is 5.73 Å². The van der Waals surface area contributed by atoms with E-state index < -0.39 is 10.8 Å². The van der Waals surface area contributed by atoms with Crippen molar-refractivity contribution in [3.8, 4) is 0 Å². The number of nitrogens with two attached hydrogens (primary N) is 1. The maximum Gasteiger partial charge on any atom is 0.0743 e. The predicted octanol–water partition coefficient (Wildman–Crippen LogP) is 3.43. The Morgan fingerprint density at radius 3 is 2.76 bits per heavy atom. The Morgan fingerprint density at radius 1 is 1.14 bits per heavy atom. The van der Waals surface area contributed by atoms with E-state index in [2.05, 4.69) is 4.98 Å². The van der Waals surface area contributed by atoms with Crippen molar-refractivity contribution in [1.82, 2.24) is 4.98 Å². The van der Waals surface area contributed by atoms with Gasteiger partial charge in [-0.3, -0.25) is 9.19 Å². The fourth-order valence-electron chi connectivity index (χ4n) is 2.43. The third-order valence-corrected chi connectivity index (χ3v) is 4.97. The molecule has 2 aromatic carbocycles. The van der Waals surface area contributed by atoms with Gasteiger partial charge in [-0.25, -0.2) is 0 Å². The maximum absolute atomic E-state index is 12.6. The van der Waals surface area contributed by atoms with Crippen LogP contribution in [0, 0.1) is 6.92 Å². The third kappa shape index (κ3) is 2.81. The molecule has 0 aliphatic carbocycles. The highest BCUT2D eigenvalue weighted by Gasteiger charge is 2.11. The number of hydrogen-bond donors (Lipinski definition) is 1. The molecule has 0 fully saturated rings. The van der Waals surface area contributed by atoms with E-state index in [9.17, 15) is 4.21 Å². The molecule has 0 spiro atoms. The van der Waals surface area contributed by atoms with E-state index in [1.54, 1.807) is 12.3 Å². The lowest BCUT2D eigenvalue weighted by Gasteiger charge is -2.08. The molecule has 0 saturated heterocycles. The Hall–Kier alpha value is -2.20. The standard InChI is InChI=1S/C17H16N2OS/c1-12-10-15(18)7-8-16(12)21(20)11-14-5-2-4-13-6-3-9-19-17(13)14/h2-10H,11,18H2,1H3. The molecular weight excluding hydrogens is 280 g/mol. The van der Waals surface area contributed by atoms with Crippen LogP contribution >= 0.6 is 0 Å². The Kier molecular flexibility index (Phi) is 3.71. The summed E-state index contributed by atoms with van der Waals surface area (Å²) >= 11 is 0. The van der Waals surface area contributed by atoms with Crippen LogP contribution in [0.4, 0.5) is 5.69 Å². The Labute approximate surface area is 126 Å². The summed E-state index contributed by atoms with van der Waals surface area (Å²) in [5, 5.41) is 1.07. The molecular formula is C17H16N2OS. The summed E-state index contributed by atoms with van der Waals surface area (Å²) in [4.78, 5) is 5.24. The van der Waals surface area contributed by atoms with Crippen molar-refractivity contribution in [3.05, 3.63) is 65.9 Å². The minimum Gasteiger partial charge on any atom is -0.399 e. The summed E-state index contributed by atoms with van der Waals surface area (Å²) in [6, 6.07) is 15.4. The molecule has 0 aliphatic rings. The molecule has 3 rings (SSSR count). The number of aryl methyl sites for hydroxylation is 1. The van der Waals surface area contributed by atoms with E-state index >= 15 is 0 Å². The molecule has 0 aliphatic heterocycles. The van der Waals surface area contributed by atoms with Crippen LogP contribution in [0.5, 0.6) is 0 Å². The minimum atomic E-state index is -1.11. The average molecular weight is 296 g/mol. The fraction of sp³-hybridized carbons (Fsp3) is 0.118. The van der Waals surface area contributed by atoms with Gasteiger partial charge in [-0.05, 0) is 42.3 Å². The molecule has 0 radical (unpaired) electrons. The van der Waals surface area contributed by atoms with Crippen LogP contribution in [0.3, 0.4) is 0 Å². The van der Waals surface area contributed by atoms with Gasteiger partial charge in [0.2, 0.25) is 0 Å². The van der Waals surface area contributed by atoms with Gasteiger partial charge in [0, 0.05) is 22.2 Å². The number of hydrogen-bond acceptors (Lipinski definition) is 3. The lowest BCUT2D eigenvalue weighted by atomic mass is 10.1. The molecule has 0 bridgehead atoms. The highest BCUT2D eigenvalue weighted by Crippen LogP contribution is 2.22. The van der Waals surface area contributed by atoms with E-state index in [0.29, 0.717) is 11.4 Å². The zero-order valence-electron chi connectivity index (χ0n) is 11.7. The number of rotatable bonds is 3. The van der Waals surface area contributed by atoms with Crippen molar-refractivity contribution in [2.45, 2.75) is 17.6 Å². The minimum absolute atomic E-state index is 0.457. The number of benzene rings is 2. The van der Waals surface area contributed by atoms with Gasteiger partial charge in [0.15, 0.2) is 0 Å². The molecule has 1 heterocycles. The molecule has 2 N–H and O–H groups in total. The van der Waals surface area contributed by atoms with Crippen molar-refractivity contribution in [3.63, 3.8) is 0 Å². The van der Waals surface area contributed by atoms with Crippen molar-refractivity contribution in [2.24, 2.45) is 0 Å². The molecule has 106 valence electrons. The molecule has 1 atom stereocenters. The highest BCUT2D eigenvalue weighted by atomic mass is 32.2. The number of nitrogens with zero attached hydrogens (tertiary/aromatic N) is 1. The molecule has 1 unspecified atom stereocenters. The van der Waals surface area contributed by atoms with E-state index in [0.717, 1.165) is 26.9 Å². The first kappa shape index (κ1) is 13.8. The van der Waals surface area contributed by atoms with Crippen LogP contribution in [-0.4, -0.2) is 9.19 Å². The third-order valence-electron chi connectivity index (χ3n) is 3.45. The van der Waals surface area contributed by atoms with Gasteiger partial charge < -0.3 is 5.73 Å². The van der Waals surface area contributed by atoms with Crippen LogP contribution < -0.4 is 5.73 Å². The van der Waals surface area contributed by atoms with Gasteiger partial charge >= 0.3 is 0 Å². The number of pyridine rings is 1. The highest BCUT2D eigenvalue weighted by molar-refractivity contribution is 7.84. The number of nitrogen functional groups attached to an aromatic ring is 1. The zero-order chi connectivity index (χ0) is 14.8. The Morgan fingerprint density at radius 2 is 1.95 bits per heavy atom. The van der Waals surface area contributed by atoms with E-state index in [4.69, 9.17) is 5.73 Å². The molecule has 4 heteroatoms. The van der Waals surface area contributed by atoms with Crippen LogP contribution in [0.2, 0.25) is 0 Å². The maximum atomic E-state index is 12.6. The number of fused-ring (bicyclic) bond motifs is 1. The number of aromatic nitrogens is 1. The second-order valence-electron chi connectivity index (χ2n) is 5.01. The molecule has 21 heavy (non-hydrogen) atoms. The van der Waals surface area contributed by atoms with Crippen molar-refractivity contribution < 1.29 is 4.21 Å². The van der Waals surface area contributed by atoms with E-state index in [-0.39, 0.29) is 0 Å². The molecule has 3 aromatic rings. The topological polar surface area (TPSA) is 56.0 Å². The normalized spacial score (nSPS) is 12.4. The summed E-state index contributed by atoms with van der Waals surface area (Å²) in [6.07, 6.45) is 1.77. The Balaban J connectivity index is 1.97. The SMILES string of the molecule is Cc1cc(N)ccc1S(=O)Cc1cccc2cccnc12. The van der Waals surface area contributed by atoms with Gasteiger partial charge in [-0.15, -0.1) is 0 Å². The second kappa shape index (κ2) is 5.66. The van der Waals surface area contributed by atoms with Crippen molar-refractivity contribution in [1.29, 1.82) is 0 Å². The Bertz CT molecular complexity index is 825. The summed E-state index contributed by atoms with van der Waals surface area (Å²) in [6.45, 7) is 1.94. The van der Waals surface area contributed by atoms with E-state index in [1.165, 1.54) is 0 Å². The monoisotopic (exact) mass is 296 g/mol. The molecule has 0 saturated carbocycles. The van der Waals surface area contributed by atoms with Crippen LogP contribution in [0.15, 0.2) is 59.6 Å². The van der Waals surface area contributed by atoms with Gasteiger partial charge in [-0.1, -0.05) is 24.3 Å². The largest absolute Gasteiger partial charge is 0.399 e. The smallest absolute Gasteiger partial charge is 0.0743 e. The van der Waals surface area contributed by atoms with Gasteiger partial charge in [0.05, 0.1) is 22.1 Å². The first-order valence-corrected chi connectivity index (χ1v) is 8.04. The fourth-order valence-corrected chi connectivity index (χ4v) is 3.74. The quantitative estimate of drug-likeness (QED) is 0.753. The van der Waals surface area contributed by atoms with Crippen LogP contribution in [0.1, 0.15) is 11.1 Å². The second-order valence-corrected chi connectivity index (χ2v) is 6.43. The van der Waals surface area contributed by atoms with Crippen molar-refractivity contribution >= 4 is 27.4 Å². The first-order valence-electron chi connectivity index (χ1n) is 6.72. The van der Waals surface area contributed by atoms with E-state index in [1.807, 2.05) is 49.4 Å². The number of para-hydroxylation sites is 1. The van der Waals surface area contributed by atoms with Gasteiger partial charge in [0.1, 0.15) is 0 Å². The molecule has 3 nitrogen and oxygen atoms in total. The molecule has 0 amide bonds. The summed E-state index contributed by atoms with van der Waals surface area (Å²) in [7, 11) is -1.11. The summed E-state index contributed by atoms with van der Waals surface area (Å²) in [5.41, 5.74) is 9.32. The number of anilines is 1. The lowest BCUT2D eigenvalue weighted by molar-refractivity contribution is 0.682. The summed E-state index contributed by atoms with van der Waals surface area (Å²) < 4.78 is 12.6. The zero-order valence-corrected chi connectivity index (χ0v) is 12.6. The van der Waals surface area contributed by atoms with Crippen LogP contribution in [0.25, 0.3) is 10.9 Å². The summed E-state index contributed by atoms with van der Waals surface area (Å²) in [5.74, 6) is 0.457. The van der Waals surface area contributed by atoms with Crippen LogP contribution in [-0.2, 0) is 16.6 Å². The lowest BCUT2D eigenvalue weighted by Crippen LogP contribution is -2.01.